The van der Waals surface area contributed by atoms with E-state index >= 15 is 0 Å². The van der Waals surface area contributed by atoms with Gasteiger partial charge in [-0.1, -0.05) is 18.2 Å². The lowest BCUT2D eigenvalue weighted by Crippen LogP contribution is -2.49. The fraction of sp³-hybridized carbons (Fsp3) is 0.588. The summed E-state index contributed by atoms with van der Waals surface area (Å²) in [4.78, 5) is 18.8. The maximum absolute atomic E-state index is 12.8. The van der Waals surface area contributed by atoms with Crippen molar-refractivity contribution >= 4 is 30.1 Å². The smallest absolute Gasteiger partial charge is 0.236 e. The van der Waals surface area contributed by atoms with E-state index in [-0.39, 0.29) is 17.7 Å². The summed E-state index contributed by atoms with van der Waals surface area (Å²) in [6, 6.07) is 9.00. The van der Waals surface area contributed by atoms with E-state index in [0.717, 1.165) is 52.1 Å². The standard InChI is InChI=1S/C17H23N3OS.ClH/c21-17(16-11-13-3-1-2-4-15(13)22-16)20-8-5-14(12-20)19-9-6-18-7-10-19;/h1-4,14,16,18H,5-12H2;1H. The average Bonchev–Trinajstić information content (AvgIpc) is 3.22. The van der Waals surface area contributed by atoms with Crippen molar-refractivity contribution < 1.29 is 4.79 Å². The molecule has 6 heteroatoms. The van der Waals surface area contributed by atoms with Gasteiger partial charge in [-0.05, 0) is 24.5 Å². The molecule has 0 radical (unpaired) electrons. The van der Waals surface area contributed by atoms with Gasteiger partial charge < -0.3 is 10.2 Å². The number of hydrogen-bond acceptors (Lipinski definition) is 4. The average molecular weight is 354 g/mol. The van der Waals surface area contributed by atoms with Gasteiger partial charge in [0.05, 0.1) is 5.25 Å². The summed E-state index contributed by atoms with van der Waals surface area (Å²) in [6.45, 7) is 6.26. The van der Waals surface area contributed by atoms with Crippen LogP contribution in [0.15, 0.2) is 29.2 Å². The van der Waals surface area contributed by atoms with Crippen molar-refractivity contribution in [3.05, 3.63) is 29.8 Å². The molecule has 1 aromatic rings. The largest absolute Gasteiger partial charge is 0.340 e. The lowest BCUT2D eigenvalue weighted by Gasteiger charge is -2.32. The van der Waals surface area contributed by atoms with Gasteiger partial charge in [0.1, 0.15) is 0 Å². The summed E-state index contributed by atoms with van der Waals surface area (Å²) >= 11 is 1.75. The highest BCUT2D eigenvalue weighted by molar-refractivity contribution is 8.01. The number of hydrogen-bond donors (Lipinski definition) is 1. The van der Waals surface area contributed by atoms with Crippen molar-refractivity contribution in [1.29, 1.82) is 0 Å². The molecule has 1 amide bonds. The number of piperazine rings is 1. The minimum Gasteiger partial charge on any atom is -0.340 e. The van der Waals surface area contributed by atoms with Crippen LogP contribution in [0.3, 0.4) is 0 Å². The van der Waals surface area contributed by atoms with E-state index in [1.165, 1.54) is 10.5 Å². The highest BCUT2D eigenvalue weighted by Crippen LogP contribution is 2.38. The number of amides is 1. The Morgan fingerprint density at radius 1 is 1.17 bits per heavy atom. The first-order valence-corrected chi connectivity index (χ1v) is 9.17. The van der Waals surface area contributed by atoms with Crippen LogP contribution in [0.4, 0.5) is 0 Å². The number of carbonyl (C=O) groups is 1. The van der Waals surface area contributed by atoms with Crippen LogP contribution >= 0.6 is 24.2 Å². The van der Waals surface area contributed by atoms with Crippen LogP contribution in [0.25, 0.3) is 0 Å². The number of carbonyl (C=O) groups excluding carboxylic acids is 1. The second-order valence-electron chi connectivity index (χ2n) is 6.43. The number of halogens is 1. The SMILES string of the molecule is Cl.O=C(C1Cc2ccccc2S1)N1CCC(N2CCNCC2)C1. The lowest BCUT2D eigenvalue weighted by atomic mass is 10.1. The van der Waals surface area contributed by atoms with Crippen LogP contribution in [0.1, 0.15) is 12.0 Å². The molecule has 3 aliphatic rings. The van der Waals surface area contributed by atoms with Crippen LogP contribution in [0.5, 0.6) is 0 Å². The molecule has 4 nitrogen and oxygen atoms in total. The Balaban J connectivity index is 0.00000156. The zero-order valence-corrected chi connectivity index (χ0v) is 14.9. The molecule has 0 spiro atoms. The Labute approximate surface area is 148 Å². The van der Waals surface area contributed by atoms with Gasteiger partial charge in [0, 0.05) is 50.2 Å². The van der Waals surface area contributed by atoms with Gasteiger partial charge in [0.15, 0.2) is 0 Å². The number of benzene rings is 1. The monoisotopic (exact) mass is 353 g/mol. The molecule has 1 N–H and O–H groups in total. The summed E-state index contributed by atoms with van der Waals surface area (Å²) in [5, 5.41) is 3.50. The first-order chi connectivity index (χ1) is 10.8. The quantitative estimate of drug-likeness (QED) is 0.876. The highest BCUT2D eigenvalue weighted by Gasteiger charge is 2.36. The summed E-state index contributed by atoms with van der Waals surface area (Å²) in [5.41, 5.74) is 1.34. The van der Waals surface area contributed by atoms with Crippen molar-refractivity contribution in [3.63, 3.8) is 0 Å². The topological polar surface area (TPSA) is 35.6 Å². The number of likely N-dealkylation sites (tertiary alicyclic amines) is 1. The first-order valence-electron chi connectivity index (χ1n) is 8.29. The third kappa shape index (κ3) is 3.53. The second-order valence-corrected chi connectivity index (χ2v) is 7.68. The molecule has 2 saturated heterocycles. The van der Waals surface area contributed by atoms with Gasteiger partial charge in [-0.2, -0.15) is 0 Å². The fourth-order valence-corrected chi connectivity index (χ4v) is 5.09. The molecule has 4 rings (SSSR count). The molecule has 126 valence electrons. The van der Waals surface area contributed by atoms with Crippen molar-refractivity contribution in [2.75, 3.05) is 39.3 Å². The predicted molar refractivity (Wildman–Crippen MR) is 96.5 cm³/mol. The maximum Gasteiger partial charge on any atom is 0.236 e. The number of nitrogens with one attached hydrogen (secondary N) is 1. The number of fused-ring (bicyclic) bond motifs is 1. The molecule has 3 heterocycles. The normalized spacial score (nSPS) is 27.6. The Bertz CT molecular complexity index is 540. The fourth-order valence-electron chi connectivity index (χ4n) is 3.81. The number of thioether (sulfide) groups is 1. The van der Waals surface area contributed by atoms with Crippen molar-refractivity contribution in [3.8, 4) is 0 Å². The maximum atomic E-state index is 12.8. The molecule has 23 heavy (non-hydrogen) atoms. The molecule has 2 unspecified atom stereocenters. The molecule has 0 aliphatic carbocycles. The van der Waals surface area contributed by atoms with Crippen LogP contribution < -0.4 is 5.32 Å². The molecule has 0 bridgehead atoms. The van der Waals surface area contributed by atoms with Crippen LogP contribution in [-0.2, 0) is 11.2 Å². The highest BCUT2D eigenvalue weighted by atomic mass is 35.5. The van der Waals surface area contributed by atoms with Crippen LogP contribution in [0.2, 0.25) is 0 Å². The third-order valence-corrected chi connectivity index (χ3v) is 6.37. The number of nitrogens with zero attached hydrogens (tertiary/aromatic N) is 2. The van der Waals surface area contributed by atoms with Gasteiger partial charge in [-0.3, -0.25) is 9.69 Å². The summed E-state index contributed by atoms with van der Waals surface area (Å²) in [5.74, 6) is 0.346. The number of rotatable bonds is 2. The van der Waals surface area contributed by atoms with E-state index in [4.69, 9.17) is 0 Å². The molecule has 2 fully saturated rings. The van der Waals surface area contributed by atoms with E-state index in [2.05, 4.69) is 39.4 Å². The Morgan fingerprint density at radius 3 is 2.74 bits per heavy atom. The lowest BCUT2D eigenvalue weighted by molar-refractivity contribution is -0.129. The molecular formula is C17H24ClN3OS. The zero-order valence-electron chi connectivity index (χ0n) is 13.2. The van der Waals surface area contributed by atoms with Crippen molar-refractivity contribution in [1.82, 2.24) is 15.1 Å². The van der Waals surface area contributed by atoms with E-state index in [1.807, 2.05) is 0 Å². The van der Waals surface area contributed by atoms with Gasteiger partial charge in [-0.15, -0.1) is 24.2 Å². The first kappa shape index (κ1) is 17.1. The molecule has 0 saturated carbocycles. The molecule has 0 aromatic heterocycles. The predicted octanol–water partition coefficient (Wildman–Crippen LogP) is 1.63. The minimum atomic E-state index is 0. The van der Waals surface area contributed by atoms with Crippen LogP contribution in [-0.4, -0.2) is 66.3 Å². The van der Waals surface area contributed by atoms with E-state index in [0.29, 0.717) is 11.9 Å². The molecule has 3 aliphatic heterocycles. The third-order valence-electron chi connectivity index (χ3n) is 5.07. The summed E-state index contributed by atoms with van der Waals surface area (Å²) in [7, 11) is 0. The van der Waals surface area contributed by atoms with E-state index in [1.54, 1.807) is 11.8 Å². The zero-order chi connectivity index (χ0) is 14.9. The van der Waals surface area contributed by atoms with Gasteiger partial charge in [-0.25, -0.2) is 0 Å². The minimum absolute atomic E-state index is 0. The van der Waals surface area contributed by atoms with Gasteiger partial charge in [0.25, 0.3) is 0 Å². The molecule has 1 aromatic carbocycles. The second kappa shape index (κ2) is 7.43. The van der Waals surface area contributed by atoms with Gasteiger partial charge >= 0.3 is 0 Å². The summed E-state index contributed by atoms with van der Waals surface area (Å²) < 4.78 is 0. The van der Waals surface area contributed by atoms with Crippen molar-refractivity contribution in [2.45, 2.75) is 29.0 Å². The Hall–Kier alpha value is -0.750. The molecule has 2 atom stereocenters. The summed E-state index contributed by atoms with van der Waals surface area (Å²) in [6.07, 6.45) is 2.03. The van der Waals surface area contributed by atoms with Gasteiger partial charge in [0.2, 0.25) is 5.91 Å². The molecular weight excluding hydrogens is 330 g/mol. The van der Waals surface area contributed by atoms with Crippen molar-refractivity contribution in [2.24, 2.45) is 0 Å². The van der Waals surface area contributed by atoms with E-state index in [9.17, 15) is 4.79 Å². The van der Waals surface area contributed by atoms with E-state index < -0.39 is 0 Å². The van der Waals surface area contributed by atoms with Crippen LogP contribution in [0, 0.1) is 0 Å². The Kier molecular flexibility index (Phi) is 5.52. The Morgan fingerprint density at radius 2 is 1.96 bits per heavy atom.